The van der Waals surface area contributed by atoms with E-state index < -0.39 is 0 Å². The molecule has 1 fully saturated rings. The van der Waals surface area contributed by atoms with Crippen molar-refractivity contribution in [3.8, 4) is 11.4 Å². The van der Waals surface area contributed by atoms with Gasteiger partial charge in [-0.1, -0.05) is 24.4 Å². The lowest BCUT2D eigenvalue weighted by Crippen LogP contribution is -2.37. The molecule has 2 aromatic rings. The number of nitrogens with zero attached hydrogens (tertiary/aromatic N) is 3. The van der Waals surface area contributed by atoms with Crippen LogP contribution in [0, 0.1) is 5.92 Å². The summed E-state index contributed by atoms with van der Waals surface area (Å²) in [5.74, 6) is 1.61. The smallest absolute Gasteiger partial charge is 0.223 e. The largest absolute Gasteiger partial charge is 0.338 e. The Labute approximate surface area is 153 Å². The number of aromatic nitrogens is 2. The van der Waals surface area contributed by atoms with Crippen LogP contribution < -0.4 is 0 Å². The molecular formula is C20H22ClN3O. The lowest BCUT2D eigenvalue weighted by atomic mass is 10.0. The fraction of sp³-hybridized carbons (Fsp3) is 0.450. The molecule has 1 aromatic heterocycles. The fourth-order valence-corrected chi connectivity index (χ4v) is 3.98. The van der Waals surface area contributed by atoms with Crippen molar-refractivity contribution in [2.45, 2.75) is 45.1 Å². The molecule has 1 aliphatic carbocycles. The molecular weight excluding hydrogens is 334 g/mol. The summed E-state index contributed by atoms with van der Waals surface area (Å²) in [4.78, 5) is 23.7. The third kappa shape index (κ3) is 3.69. The van der Waals surface area contributed by atoms with Crippen molar-refractivity contribution in [2.24, 2.45) is 5.92 Å². The molecule has 0 saturated heterocycles. The molecule has 2 heterocycles. The molecule has 4 rings (SSSR count). The highest BCUT2D eigenvalue weighted by Gasteiger charge is 2.25. The Balaban J connectivity index is 1.46. The molecule has 0 radical (unpaired) electrons. The van der Waals surface area contributed by atoms with E-state index in [1.807, 2.05) is 35.4 Å². The first-order chi connectivity index (χ1) is 12.2. The minimum atomic E-state index is 0.291. The first kappa shape index (κ1) is 16.5. The Morgan fingerprint density at radius 3 is 2.72 bits per heavy atom. The molecule has 0 spiro atoms. The molecule has 0 bridgehead atoms. The average molecular weight is 356 g/mol. The molecule has 5 heteroatoms. The summed E-state index contributed by atoms with van der Waals surface area (Å²) < 4.78 is 0. The lowest BCUT2D eigenvalue weighted by molar-refractivity contribution is -0.133. The van der Waals surface area contributed by atoms with E-state index in [2.05, 4.69) is 4.98 Å². The third-order valence-electron chi connectivity index (χ3n) is 5.33. The summed E-state index contributed by atoms with van der Waals surface area (Å²) in [5, 5.41) is 0.707. The summed E-state index contributed by atoms with van der Waals surface area (Å²) in [6.45, 7) is 1.40. The van der Waals surface area contributed by atoms with Crippen molar-refractivity contribution in [2.75, 3.05) is 6.54 Å². The molecule has 1 amide bonds. The Morgan fingerprint density at radius 2 is 1.96 bits per heavy atom. The highest BCUT2D eigenvalue weighted by Crippen LogP contribution is 2.29. The second-order valence-electron chi connectivity index (χ2n) is 7.09. The third-order valence-corrected chi connectivity index (χ3v) is 5.58. The van der Waals surface area contributed by atoms with Crippen LogP contribution in [0.15, 0.2) is 30.5 Å². The van der Waals surface area contributed by atoms with Crippen molar-refractivity contribution < 1.29 is 4.79 Å². The van der Waals surface area contributed by atoms with Crippen molar-refractivity contribution in [1.82, 2.24) is 14.9 Å². The van der Waals surface area contributed by atoms with Gasteiger partial charge in [0.05, 0.1) is 5.69 Å². The van der Waals surface area contributed by atoms with Crippen LogP contribution in [0.5, 0.6) is 0 Å². The van der Waals surface area contributed by atoms with Crippen LogP contribution in [0.25, 0.3) is 11.4 Å². The summed E-state index contributed by atoms with van der Waals surface area (Å²) in [6, 6.07) is 7.57. The lowest BCUT2D eigenvalue weighted by Gasteiger charge is -2.29. The number of carbonyl (C=O) groups excluding carboxylic acids is 1. The van der Waals surface area contributed by atoms with Gasteiger partial charge in [-0.3, -0.25) is 4.79 Å². The van der Waals surface area contributed by atoms with E-state index in [1.54, 1.807) is 0 Å². The van der Waals surface area contributed by atoms with Gasteiger partial charge in [-0.05, 0) is 43.0 Å². The number of fused-ring (bicyclic) bond motifs is 1. The van der Waals surface area contributed by atoms with Gasteiger partial charge >= 0.3 is 0 Å². The molecule has 1 aliphatic heterocycles. The van der Waals surface area contributed by atoms with E-state index in [0.717, 1.165) is 35.6 Å². The van der Waals surface area contributed by atoms with Gasteiger partial charge in [0.2, 0.25) is 5.91 Å². The second kappa shape index (κ2) is 7.12. The minimum absolute atomic E-state index is 0.291. The van der Waals surface area contributed by atoms with Crippen LogP contribution in [-0.2, 0) is 17.8 Å². The van der Waals surface area contributed by atoms with E-state index in [-0.39, 0.29) is 0 Å². The van der Waals surface area contributed by atoms with Gasteiger partial charge in [-0.15, -0.1) is 0 Å². The highest BCUT2D eigenvalue weighted by atomic mass is 35.5. The molecule has 0 atom stereocenters. The fourth-order valence-electron chi connectivity index (χ4n) is 3.86. The van der Waals surface area contributed by atoms with Crippen LogP contribution in [0.4, 0.5) is 0 Å². The Morgan fingerprint density at radius 1 is 1.20 bits per heavy atom. The SMILES string of the molecule is O=C(CC1CCCC1)N1CCc2nc(-c3ccc(Cl)cc3)ncc2C1. The summed E-state index contributed by atoms with van der Waals surface area (Å²) in [7, 11) is 0. The zero-order valence-corrected chi connectivity index (χ0v) is 15.0. The Kier molecular flexibility index (Phi) is 4.71. The number of halogens is 1. The molecule has 130 valence electrons. The van der Waals surface area contributed by atoms with Crippen LogP contribution >= 0.6 is 11.6 Å². The molecule has 0 N–H and O–H groups in total. The van der Waals surface area contributed by atoms with Gasteiger partial charge in [0.25, 0.3) is 0 Å². The van der Waals surface area contributed by atoms with Crippen molar-refractivity contribution in [3.63, 3.8) is 0 Å². The van der Waals surface area contributed by atoms with Crippen LogP contribution in [-0.4, -0.2) is 27.3 Å². The molecule has 1 aromatic carbocycles. The molecule has 2 aliphatic rings. The number of hydrogen-bond donors (Lipinski definition) is 0. The number of carbonyl (C=O) groups is 1. The highest BCUT2D eigenvalue weighted by molar-refractivity contribution is 6.30. The zero-order valence-electron chi connectivity index (χ0n) is 14.2. The first-order valence-electron chi connectivity index (χ1n) is 9.07. The monoisotopic (exact) mass is 355 g/mol. The predicted molar refractivity (Wildman–Crippen MR) is 98.2 cm³/mol. The Hall–Kier alpha value is -1.94. The maximum atomic E-state index is 12.6. The van der Waals surface area contributed by atoms with E-state index in [4.69, 9.17) is 16.6 Å². The normalized spacial score (nSPS) is 17.6. The van der Waals surface area contributed by atoms with Gasteiger partial charge in [0.15, 0.2) is 5.82 Å². The molecule has 4 nitrogen and oxygen atoms in total. The Bertz CT molecular complexity index is 769. The van der Waals surface area contributed by atoms with Gasteiger partial charge in [0, 0.05) is 48.3 Å². The second-order valence-corrected chi connectivity index (χ2v) is 7.53. The summed E-state index contributed by atoms with van der Waals surface area (Å²) in [5.41, 5.74) is 3.10. The number of hydrogen-bond acceptors (Lipinski definition) is 3. The quantitative estimate of drug-likeness (QED) is 0.826. The van der Waals surface area contributed by atoms with Gasteiger partial charge in [-0.25, -0.2) is 9.97 Å². The van der Waals surface area contributed by atoms with Crippen molar-refractivity contribution in [3.05, 3.63) is 46.7 Å². The maximum absolute atomic E-state index is 12.6. The number of amides is 1. The number of benzene rings is 1. The van der Waals surface area contributed by atoms with E-state index in [1.165, 1.54) is 25.7 Å². The predicted octanol–water partition coefficient (Wildman–Crippen LogP) is 4.26. The zero-order chi connectivity index (χ0) is 17.2. The maximum Gasteiger partial charge on any atom is 0.223 e. The summed E-state index contributed by atoms with van der Waals surface area (Å²) in [6.07, 6.45) is 8.37. The van der Waals surface area contributed by atoms with Crippen molar-refractivity contribution >= 4 is 17.5 Å². The van der Waals surface area contributed by atoms with Crippen molar-refractivity contribution in [1.29, 1.82) is 0 Å². The van der Waals surface area contributed by atoms with Crippen LogP contribution in [0.1, 0.15) is 43.4 Å². The van der Waals surface area contributed by atoms with Gasteiger partial charge < -0.3 is 4.90 Å². The van der Waals surface area contributed by atoms with Crippen LogP contribution in [0.3, 0.4) is 0 Å². The van der Waals surface area contributed by atoms with E-state index >= 15 is 0 Å². The minimum Gasteiger partial charge on any atom is -0.338 e. The average Bonchev–Trinajstić information content (AvgIpc) is 3.14. The topological polar surface area (TPSA) is 46.1 Å². The molecule has 0 unspecified atom stereocenters. The standard InChI is InChI=1S/C20H22ClN3O/c21-17-7-5-15(6-8-17)20-22-12-16-13-24(10-9-18(16)23-20)19(25)11-14-3-1-2-4-14/h5-8,12,14H,1-4,9-11,13H2. The van der Waals surface area contributed by atoms with Crippen LogP contribution in [0.2, 0.25) is 5.02 Å². The first-order valence-corrected chi connectivity index (χ1v) is 9.45. The molecule has 1 saturated carbocycles. The molecule has 25 heavy (non-hydrogen) atoms. The van der Waals surface area contributed by atoms with Gasteiger partial charge in [-0.2, -0.15) is 0 Å². The van der Waals surface area contributed by atoms with E-state index in [9.17, 15) is 4.79 Å². The van der Waals surface area contributed by atoms with Gasteiger partial charge in [0.1, 0.15) is 0 Å². The summed E-state index contributed by atoms with van der Waals surface area (Å²) >= 11 is 5.94. The van der Waals surface area contributed by atoms with E-state index in [0.29, 0.717) is 29.8 Å². The number of rotatable bonds is 3.